The van der Waals surface area contributed by atoms with Gasteiger partial charge in [-0.2, -0.15) is 0 Å². The predicted octanol–water partition coefficient (Wildman–Crippen LogP) is 5.76. The van der Waals surface area contributed by atoms with Crippen LogP contribution in [-0.2, 0) is 17.6 Å². The Balaban J connectivity index is 1.33. The number of amides is 1. The summed E-state index contributed by atoms with van der Waals surface area (Å²) in [6.45, 7) is 2.07. The van der Waals surface area contributed by atoms with Crippen LogP contribution in [0.4, 0.5) is 5.69 Å². The quantitative estimate of drug-likeness (QED) is 0.377. The number of aromatic nitrogens is 1. The van der Waals surface area contributed by atoms with Gasteiger partial charge < -0.3 is 14.5 Å². The van der Waals surface area contributed by atoms with Crippen LogP contribution in [0.5, 0.6) is 5.75 Å². The molecule has 0 saturated heterocycles. The third kappa shape index (κ3) is 5.07. The van der Waals surface area contributed by atoms with Crippen LogP contribution in [0, 0.1) is 0 Å². The van der Waals surface area contributed by atoms with Crippen molar-refractivity contribution in [2.45, 2.75) is 19.8 Å². The van der Waals surface area contributed by atoms with E-state index in [1.807, 2.05) is 42.5 Å². The summed E-state index contributed by atoms with van der Waals surface area (Å²) >= 11 is 3.37. The standard InChI is InChI=1S/C24H21BrN2O3/c1-2-16-5-12-22-21(13-16)27-24(30-22)14-17-3-8-19(9-4-17)26-23(28)15-29-20-10-6-18(25)7-11-20/h3-13H,2,14-15H2,1H3,(H,26,28). The lowest BCUT2D eigenvalue weighted by Crippen LogP contribution is -2.20. The van der Waals surface area contributed by atoms with Gasteiger partial charge in [0.05, 0.1) is 0 Å². The molecule has 0 aliphatic carbocycles. The molecule has 0 unspecified atom stereocenters. The molecule has 6 heteroatoms. The molecule has 1 N–H and O–H groups in total. The maximum absolute atomic E-state index is 12.1. The molecule has 1 heterocycles. The number of benzene rings is 3. The summed E-state index contributed by atoms with van der Waals surface area (Å²) in [5.41, 5.74) is 4.71. The topological polar surface area (TPSA) is 64.4 Å². The second-order valence-corrected chi connectivity index (χ2v) is 7.84. The van der Waals surface area contributed by atoms with Gasteiger partial charge >= 0.3 is 0 Å². The molecule has 1 amide bonds. The number of carbonyl (C=O) groups is 1. The van der Waals surface area contributed by atoms with E-state index in [0.29, 0.717) is 23.7 Å². The van der Waals surface area contributed by atoms with Gasteiger partial charge in [-0.3, -0.25) is 4.79 Å². The predicted molar refractivity (Wildman–Crippen MR) is 121 cm³/mol. The summed E-state index contributed by atoms with van der Waals surface area (Å²) in [5.74, 6) is 1.11. The minimum Gasteiger partial charge on any atom is -0.484 e. The van der Waals surface area contributed by atoms with Crippen molar-refractivity contribution in [3.05, 3.63) is 88.2 Å². The summed E-state index contributed by atoms with van der Waals surface area (Å²) in [7, 11) is 0. The van der Waals surface area contributed by atoms with Gasteiger partial charge in [-0.15, -0.1) is 0 Å². The molecule has 1 aromatic heterocycles. The van der Waals surface area contributed by atoms with Gasteiger partial charge in [0, 0.05) is 16.6 Å². The van der Waals surface area contributed by atoms with E-state index in [9.17, 15) is 4.79 Å². The van der Waals surface area contributed by atoms with E-state index in [4.69, 9.17) is 9.15 Å². The van der Waals surface area contributed by atoms with Gasteiger partial charge in [-0.05, 0) is 66.1 Å². The van der Waals surface area contributed by atoms with E-state index in [1.165, 1.54) is 5.56 Å². The number of nitrogens with one attached hydrogen (secondary N) is 1. The molecule has 4 rings (SSSR count). The Kier molecular flexibility index (Phi) is 6.14. The number of hydrogen-bond acceptors (Lipinski definition) is 4. The molecular formula is C24H21BrN2O3. The van der Waals surface area contributed by atoms with Gasteiger partial charge in [0.2, 0.25) is 0 Å². The summed E-state index contributed by atoms with van der Waals surface area (Å²) in [4.78, 5) is 16.7. The average Bonchev–Trinajstić information content (AvgIpc) is 3.16. The van der Waals surface area contributed by atoms with Crippen LogP contribution in [0.1, 0.15) is 23.9 Å². The van der Waals surface area contributed by atoms with Crippen molar-refractivity contribution in [1.29, 1.82) is 0 Å². The average molecular weight is 465 g/mol. The lowest BCUT2D eigenvalue weighted by molar-refractivity contribution is -0.118. The lowest BCUT2D eigenvalue weighted by atomic mass is 10.1. The Morgan fingerprint density at radius 1 is 1.03 bits per heavy atom. The minimum atomic E-state index is -0.212. The third-order valence-electron chi connectivity index (χ3n) is 4.68. The van der Waals surface area contributed by atoms with Crippen molar-refractivity contribution in [3.8, 4) is 5.75 Å². The van der Waals surface area contributed by atoms with E-state index >= 15 is 0 Å². The molecule has 152 valence electrons. The zero-order chi connectivity index (χ0) is 20.9. The number of ether oxygens (including phenoxy) is 1. The van der Waals surface area contributed by atoms with Gasteiger partial charge in [0.15, 0.2) is 18.1 Å². The Bertz CT molecular complexity index is 1150. The highest BCUT2D eigenvalue weighted by atomic mass is 79.9. The normalized spacial score (nSPS) is 10.9. The number of anilines is 1. The van der Waals surface area contributed by atoms with E-state index in [0.717, 1.165) is 27.6 Å². The fourth-order valence-corrected chi connectivity index (χ4v) is 3.34. The molecule has 5 nitrogen and oxygen atoms in total. The molecule has 3 aromatic carbocycles. The minimum absolute atomic E-state index is 0.0496. The van der Waals surface area contributed by atoms with E-state index in [2.05, 4.69) is 45.3 Å². The van der Waals surface area contributed by atoms with E-state index in [1.54, 1.807) is 12.1 Å². The van der Waals surface area contributed by atoms with Crippen molar-refractivity contribution >= 4 is 38.6 Å². The molecule has 0 radical (unpaired) electrons. The largest absolute Gasteiger partial charge is 0.484 e. The molecule has 4 aromatic rings. The van der Waals surface area contributed by atoms with Gasteiger partial charge in [-0.1, -0.05) is 41.1 Å². The summed E-state index contributed by atoms with van der Waals surface area (Å²) in [6.07, 6.45) is 1.57. The number of rotatable bonds is 7. The SMILES string of the molecule is CCc1ccc2oc(Cc3ccc(NC(=O)COc4ccc(Br)cc4)cc3)nc2c1. The smallest absolute Gasteiger partial charge is 0.262 e. The first kappa shape index (κ1) is 20.2. The molecule has 0 saturated carbocycles. The van der Waals surface area contributed by atoms with Crippen LogP contribution >= 0.6 is 15.9 Å². The van der Waals surface area contributed by atoms with Crippen LogP contribution in [0.2, 0.25) is 0 Å². The van der Waals surface area contributed by atoms with Crippen LogP contribution in [0.3, 0.4) is 0 Å². The van der Waals surface area contributed by atoms with Crippen molar-refractivity contribution in [2.75, 3.05) is 11.9 Å². The molecule has 0 aliphatic heterocycles. The monoisotopic (exact) mass is 464 g/mol. The van der Waals surface area contributed by atoms with E-state index < -0.39 is 0 Å². The molecule has 0 fully saturated rings. The fraction of sp³-hybridized carbons (Fsp3) is 0.167. The van der Waals surface area contributed by atoms with Crippen LogP contribution < -0.4 is 10.1 Å². The van der Waals surface area contributed by atoms with Crippen molar-refractivity contribution < 1.29 is 13.9 Å². The number of halogens is 1. The van der Waals surface area contributed by atoms with Crippen LogP contribution in [-0.4, -0.2) is 17.5 Å². The highest BCUT2D eigenvalue weighted by Gasteiger charge is 2.08. The number of aryl methyl sites for hydroxylation is 1. The Morgan fingerprint density at radius 2 is 1.77 bits per heavy atom. The summed E-state index contributed by atoms with van der Waals surface area (Å²) in [6, 6.07) is 21.1. The lowest BCUT2D eigenvalue weighted by Gasteiger charge is -2.08. The van der Waals surface area contributed by atoms with Crippen LogP contribution in [0.25, 0.3) is 11.1 Å². The van der Waals surface area contributed by atoms with Gasteiger partial charge in [0.25, 0.3) is 5.91 Å². The zero-order valence-corrected chi connectivity index (χ0v) is 18.1. The van der Waals surface area contributed by atoms with Crippen LogP contribution in [0.15, 0.2) is 75.6 Å². The Morgan fingerprint density at radius 3 is 2.50 bits per heavy atom. The fourth-order valence-electron chi connectivity index (χ4n) is 3.07. The Labute approximate surface area is 183 Å². The molecule has 0 bridgehead atoms. The van der Waals surface area contributed by atoms with Crippen molar-refractivity contribution in [1.82, 2.24) is 4.98 Å². The highest BCUT2D eigenvalue weighted by Crippen LogP contribution is 2.21. The third-order valence-corrected chi connectivity index (χ3v) is 5.21. The first-order valence-corrected chi connectivity index (χ1v) is 10.5. The first-order chi connectivity index (χ1) is 14.6. The summed E-state index contributed by atoms with van der Waals surface area (Å²) in [5, 5.41) is 2.84. The number of nitrogens with zero attached hydrogens (tertiary/aromatic N) is 1. The second kappa shape index (κ2) is 9.13. The first-order valence-electron chi connectivity index (χ1n) is 9.74. The molecule has 0 atom stereocenters. The highest BCUT2D eigenvalue weighted by molar-refractivity contribution is 9.10. The second-order valence-electron chi connectivity index (χ2n) is 6.93. The molecule has 0 aliphatic rings. The maximum Gasteiger partial charge on any atom is 0.262 e. The number of oxazole rings is 1. The molecule has 0 spiro atoms. The maximum atomic E-state index is 12.1. The van der Waals surface area contributed by atoms with Gasteiger partial charge in [0.1, 0.15) is 11.3 Å². The Hall–Kier alpha value is -3.12. The number of fused-ring (bicyclic) bond motifs is 1. The van der Waals surface area contributed by atoms with E-state index in [-0.39, 0.29) is 12.5 Å². The molecular weight excluding hydrogens is 444 g/mol. The zero-order valence-electron chi connectivity index (χ0n) is 16.5. The summed E-state index contributed by atoms with van der Waals surface area (Å²) < 4.78 is 12.3. The van der Waals surface area contributed by atoms with Crippen molar-refractivity contribution in [3.63, 3.8) is 0 Å². The number of hydrogen-bond donors (Lipinski definition) is 1. The van der Waals surface area contributed by atoms with Crippen molar-refractivity contribution in [2.24, 2.45) is 0 Å². The number of carbonyl (C=O) groups excluding carboxylic acids is 1. The van der Waals surface area contributed by atoms with Gasteiger partial charge in [-0.25, -0.2) is 4.98 Å². The molecule has 30 heavy (non-hydrogen) atoms.